The van der Waals surface area contributed by atoms with Crippen LogP contribution in [0.25, 0.3) is 0 Å². The Morgan fingerprint density at radius 1 is 1.38 bits per heavy atom. The lowest BCUT2D eigenvalue weighted by molar-refractivity contribution is 0.476. The van der Waals surface area contributed by atoms with Crippen molar-refractivity contribution in [3.63, 3.8) is 0 Å². The number of pyridine rings is 1. The van der Waals surface area contributed by atoms with E-state index in [2.05, 4.69) is 11.1 Å². The minimum atomic E-state index is 0.484. The molecule has 2 N–H and O–H groups in total. The van der Waals surface area contributed by atoms with E-state index in [0.717, 1.165) is 13.0 Å². The van der Waals surface area contributed by atoms with Gasteiger partial charge in [-0.15, -0.1) is 0 Å². The molecule has 0 saturated heterocycles. The Hall–Kier alpha value is -0.890. The van der Waals surface area contributed by atoms with Crippen LogP contribution in [0.3, 0.4) is 0 Å². The van der Waals surface area contributed by atoms with Crippen LogP contribution in [-0.2, 0) is 6.42 Å². The average Bonchev–Trinajstić information content (AvgIpc) is 2.97. The number of aromatic nitrogens is 1. The molecule has 2 nitrogen and oxygen atoms in total. The molecule has 0 amide bonds. The Morgan fingerprint density at radius 2 is 2.23 bits per heavy atom. The van der Waals surface area contributed by atoms with Gasteiger partial charge in [0, 0.05) is 11.9 Å². The first kappa shape index (κ1) is 8.70. The minimum absolute atomic E-state index is 0.484. The van der Waals surface area contributed by atoms with E-state index in [-0.39, 0.29) is 0 Å². The number of nitrogens with zero attached hydrogens (tertiary/aromatic N) is 1. The fourth-order valence-corrected chi connectivity index (χ4v) is 1.67. The first-order valence-corrected chi connectivity index (χ1v) is 4.95. The fraction of sp³-hybridized carbons (Fsp3) is 0.545. The van der Waals surface area contributed by atoms with Gasteiger partial charge in [0.2, 0.25) is 0 Å². The maximum absolute atomic E-state index is 5.71. The highest BCUT2D eigenvalue weighted by Crippen LogP contribution is 2.48. The number of hydrogen-bond donors (Lipinski definition) is 1. The zero-order valence-corrected chi connectivity index (χ0v) is 7.87. The summed E-state index contributed by atoms with van der Waals surface area (Å²) in [5, 5.41) is 0. The van der Waals surface area contributed by atoms with Gasteiger partial charge in [-0.3, -0.25) is 4.98 Å². The molecule has 1 saturated carbocycles. The van der Waals surface area contributed by atoms with Crippen LogP contribution in [0, 0.1) is 5.41 Å². The molecule has 0 unspecified atom stereocenters. The van der Waals surface area contributed by atoms with E-state index in [1.165, 1.54) is 25.0 Å². The zero-order chi connectivity index (χ0) is 9.15. The van der Waals surface area contributed by atoms with Gasteiger partial charge in [0.25, 0.3) is 0 Å². The largest absolute Gasteiger partial charge is 0.330 e. The molecule has 2 heteroatoms. The summed E-state index contributed by atoms with van der Waals surface area (Å²) in [6.07, 6.45) is 6.78. The number of hydrogen-bond acceptors (Lipinski definition) is 2. The fourth-order valence-electron chi connectivity index (χ4n) is 1.67. The van der Waals surface area contributed by atoms with Gasteiger partial charge in [-0.05, 0) is 49.8 Å². The molecule has 0 aromatic carbocycles. The normalized spacial score (nSPS) is 18.5. The molecule has 0 bridgehead atoms. The van der Waals surface area contributed by atoms with E-state index < -0.39 is 0 Å². The lowest BCUT2D eigenvalue weighted by atomic mass is 9.99. The van der Waals surface area contributed by atoms with Crippen molar-refractivity contribution < 1.29 is 0 Å². The van der Waals surface area contributed by atoms with Crippen LogP contribution in [0.5, 0.6) is 0 Å². The van der Waals surface area contributed by atoms with Crippen LogP contribution >= 0.6 is 0 Å². The summed E-state index contributed by atoms with van der Waals surface area (Å²) in [5.41, 5.74) is 7.39. The van der Waals surface area contributed by atoms with Crippen molar-refractivity contribution in [3.05, 3.63) is 30.1 Å². The summed E-state index contributed by atoms with van der Waals surface area (Å²) >= 11 is 0. The van der Waals surface area contributed by atoms with Crippen LogP contribution in [0.15, 0.2) is 24.4 Å². The summed E-state index contributed by atoms with van der Waals surface area (Å²) in [6, 6.07) is 6.09. The quantitative estimate of drug-likeness (QED) is 0.759. The Morgan fingerprint density at radius 3 is 2.77 bits per heavy atom. The topological polar surface area (TPSA) is 38.9 Å². The second kappa shape index (κ2) is 3.46. The monoisotopic (exact) mass is 176 g/mol. The van der Waals surface area contributed by atoms with Gasteiger partial charge in [0.15, 0.2) is 0 Å². The first-order chi connectivity index (χ1) is 6.35. The van der Waals surface area contributed by atoms with Crippen LogP contribution in [0.2, 0.25) is 0 Å². The van der Waals surface area contributed by atoms with Crippen LogP contribution in [0.1, 0.15) is 25.0 Å². The zero-order valence-electron chi connectivity index (χ0n) is 7.87. The van der Waals surface area contributed by atoms with Crippen molar-refractivity contribution in [2.45, 2.75) is 25.7 Å². The summed E-state index contributed by atoms with van der Waals surface area (Å²) in [5.74, 6) is 0. The van der Waals surface area contributed by atoms with Gasteiger partial charge < -0.3 is 5.73 Å². The average molecular weight is 176 g/mol. The van der Waals surface area contributed by atoms with Gasteiger partial charge in [0.1, 0.15) is 0 Å². The Balaban J connectivity index is 1.86. The second-order valence-electron chi connectivity index (χ2n) is 4.03. The highest BCUT2D eigenvalue weighted by molar-refractivity contribution is 5.05. The van der Waals surface area contributed by atoms with E-state index in [0.29, 0.717) is 5.41 Å². The standard InChI is InChI=1S/C11H16N2/c12-9-11(6-7-11)5-4-10-3-1-2-8-13-10/h1-3,8H,4-7,9,12H2. The van der Waals surface area contributed by atoms with Gasteiger partial charge in [-0.25, -0.2) is 0 Å². The van der Waals surface area contributed by atoms with Crippen molar-refractivity contribution in [2.75, 3.05) is 6.54 Å². The molecule has 2 rings (SSSR count). The molecular weight excluding hydrogens is 160 g/mol. The smallest absolute Gasteiger partial charge is 0.0403 e. The molecule has 70 valence electrons. The highest BCUT2D eigenvalue weighted by atomic mass is 14.7. The second-order valence-corrected chi connectivity index (χ2v) is 4.03. The van der Waals surface area contributed by atoms with Gasteiger partial charge in [0.05, 0.1) is 0 Å². The van der Waals surface area contributed by atoms with Crippen molar-refractivity contribution in [2.24, 2.45) is 11.1 Å². The van der Waals surface area contributed by atoms with Crippen molar-refractivity contribution in [3.8, 4) is 0 Å². The third-order valence-electron chi connectivity index (χ3n) is 3.03. The van der Waals surface area contributed by atoms with Crippen molar-refractivity contribution in [1.82, 2.24) is 4.98 Å². The Kier molecular flexibility index (Phi) is 2.32. The van der Waals surface area contributed by atoms with E-state index in [1.807, 2.05) is 18.3 Å². The highest BCUT2D eigenvalue weighted by Gasteiger charge is 2.40. The number of nitrogens with two attached hydrogens (primary N) is 1. The molecule has 1 heterocycles. The number of aryl methyl sites for hydroxylation is 1. The maximum Gasteiger partial charge on any atom is 0.0403 e. The van der Waals surface area contributed by atoms with Gasteiger partial charge in [-0.1, -0.05) is 6.07 Å². The molecule has 1 aliphatic rings. The van der Waals surface area contributed by atoms with Crippen LogP contribution in [-0.4, -0.2) is 11.5 Å². The van der Waals surface area contributed by atoms with Gasteiger partial charge in [-0.2, -0.15) is 0 Å². The maximum atomic E-state index is 5.71. The first-order valence-electron chi connectivity index (χ1n) is 4.95. The molecular formula is C11H16N2. The van der Waals surface area contributed by atoms with Crippen molar-refractivity contribution >= 4 is 0 Å². The van der Waals surface area contributed by atoms with E-state index in [1.54, 1.807) is 0 Å². The third kappa shape index (κ3) is 2.07. The Labute approximate surface area is 79.2 Å². The summed E-state index contributed by atoms with van der Waals surface area (Å²) < 4.78 is 0. The lowest BCUT2D eigenvalue weighted by Gasteiger charge is -2.10. The molecule has 0 radical (unpaired) electrons. The molecule has 0 spiro atoms. The summed E-state index contributed by atoms with van der Waals surface area (Å²) in [4.78, 5) is 4.30. The van der Waals surface area contributed by atoms with E-state index in [9.17, 15) is 0 Å². The minimum Gasteiger partial charge on any atom is -0.330 e. The SMILES string of the molecule is NCC1(CCc2ccccn2)CC1. The van der Waals surface area contributed by atoms with E-state index >= 15 is 0 Å². The predicted octanol–water partition coefficient (Wildman–Crippen LogP) is 1.75. The number of rotatable bonds is 4. The molecule has 1 aromatic heterocycles. The molecule has 0 aliphatic heterocycles. The summed E-state index contributed by atoms with van der Waals surface area (Å²) in [6.45, 7) is 0.847. The lowest BCUT2D eigenvalue weighted by Crippen LogP contribution is -2.16. The van der Waals surface area contributed by atoms with Crippen molar-refractivity contribution in [1.29, 1.82) is 0 Å². The molecule has 13 heavy (non-hydrogen) atoms. The third-order valence-corrected chi connectivity index (χ3v) is 3.03. The molecule has 1 aromatic rings. The van der Waals surface area contributed by atoms with Gasteiger partial charge >= 0.3 is 0 Å². The predicted molar refractivity (Wildman–Crippen MR) is 53.3 cm³/mol. The Bertz CT molecular complexity index is 265. The summed E-state index contributed by atoms with van der Waals surface area (Å²) in [7, 11) is 0. The molecule has 1 fully saturated rings. The molecule has 0 atom stereocenters. The van der Waals surface area contributed by atoms with Crippen LogP contribution in [0.4, 0.5) is 0 Å². The molecule has 1 aliphatic carbocycles. The van der Waals surface area contributed by atoms with E-state index in [4.69, 9.17) is 5.73 Å². The van der Waals surface area contributed by atoms with Crippen LogP contribution < -0.4 is 5.73 Å².